The molecule has 0 fully saturated rings. The van der Waals surface area contributed by atoms with Gasteiger partial charge >= 0.3 is 11.9 Å². The quantitative estimate of drug-likeness (QED) is 0.354. The third-order valence-corrected chi connectivity index (χ3v) is 1.84. The molecule has 0 amide bonds. The first kappa shape index (κ1) is 14.1. The highest BCUT2D eigenvalue weighted by atomic mass is 16.6. The van der Waals surface area contributed by atoms with E-state index in [1.807, 2.05) is 13.8 Å². The fourth-order valence-corrected chi connectivity index (χ4v) is 1.01. The van der Waals surface area contributed by atoms with Crippen LogP contribution in [0.15, 0.2) is 0 Å². The van der Waals surface area contributed by atoms with Crippen LogP contribution in [0.25, 0.3) is 0 Å². The lowest BCUT2D eigenvalue weighted by molar-refractivity contribution is -0.159. The van der Waals surface area contributed by atoms with Gasteiger partial charge in [0.25, 0.3) is 0 Å². The van der Waals surface area contributed by atoms with Crippen LogP contribution in [0, 0.1) is 0 Å². The van der Waals surface area contributed by atoms with E-state index in [4.69, 9.17) is 4.74 Å². The van der Waals surface area contributed by atoms with Gasteiger partial charge in [0.1, 0.15) is 0 Å². The van der Waals surface area contributed by atoms with Crippen molar-refractivity contribution < 1.29 is 19.1 Å². The summed E-state index contributed by atoms with van der Waals surface area (Å²) >= 11 is 0. The smallest absolute Gasteiger partial charge is 0.313 e. The number of carbonyl (C=O) groups is 2. The molecule has 15 heavy (non-hydrogen) atoms. The molecule has 0 aliphatic rings. The molecule has 0 rings (SSSR count). The van der Waals surface area contributed by atoms with Crippen LogP contribution in [0.2, 0.25) is 0 Å². The molecule has 0 spiro atoms. The molecule has 4 heteroatoms. The third-order valence-electron chi connectivity index (χ3n) is 1.84. The number of ether oxygens (including phenoxy) is 2. The van der Waals surface area contributed by atoms with Gasteiger partial charge in [-0.15, -0.1) is 0 Å². The molecule has 0 aromatic heterocycles. The lowest BCUT2D eigenvalue weighted by Gasteiger charge is -2.02. The van der Waals surface area contributed by atoms with Crippen molar-refractivity contribution in [2.24, 2.45) is 0 Å². The second kappa shape index (κ2) is 9.65. The van der Waals surface area contributed by atoms with E-state index in [9.17, 15) is 9.59 Å². The maximum atomic E-state index is 11.1. The van der Waals surface area contributed by atoms with Crippen LogP contribution >= 0.6 is 0 Å². The molecule has 88 valence electrons. The van der Waals surface area contributed by atoms with Gasteiger partial charge in [-0.05, 0) is 19.8 Å². The molecule has 0 aromatic rings. The molecule has 0 aromatic carbocycles. The summed E-state index contributed by atoms with van der Waals surface area (Å²) < 4.78 is 9.66. The molecule has 0 atom stereocenters. The minimum absolute atomic E-state index is 0.248. The van der Waals surface area contributed by atoms with Gasteiger partial charge in [-0.2, -0.15) is 0 Å². The van der Waals surface area contributed by atoms with Crippen molar-refractivity contribution >= 4 is 11.9 Å². The van der Waals surface area contributed by atoms with E-state index in [1.165, 1.54) is 0 Å². The van der Waals surface area contributed by atoms with Crippen molar-refractivity contribution in [1.82, 2.24) is 0 Å². The van der Waals surface area contributed by atoms with Gasteiger partial charge in [0.2, 0.25) is 0 Å². The Bertz CT molecular complexity index is 189. The van der Waals surface area contributed by atoms with E-state index in [1.54, 1.807) is 0 Å². The number of carbonyl (C=O) groups excluding carboxylic acids is 2. The molecule has 0 radical (unpaired) electrons. The van der Waals surface area contributed by atoms with Crippen LogP contribution in [0.5, 0.6) is 0 Å². The van der Waals surface area contributed by atoms with Gasteiger partial charge in [0.15, 0.2) is 0 Å². The number of hydrogen-bond acceptors (Lipinski definition) is 4. The van der Waals surface area contributed by atoms with Crippen LogP contribution in [0.3, 0.4) is 0 Å². The zero-order valence-corrected chi connectivity index (χ0v) is 9.58. The Morgan fingerprint density at radius 3 is 2.13 bits per heavy atom. The monoisotopic (exact) mass is 216 g/mol. The molecule has 0 aliphatic carbocycles. The molecule has 0 unspecified atom stereocenters. The average molecular weight is 216 g/mol. The fourth-order valence-electron chi connectivity index (χ4n) is 1.01. The summed E-state index contributed by atoms with van der Waals surface area (Å²) in [5, 5.41) is 0. The van der Waals surface area contributed by atoms with Gasteiger partial charge in [-0.3, -0.25) is 9.59 Å². The molecule has 0 saturated carbocycles. The topological polar surface area (TPSA) is 52.6 Å². The number of rotatable bonds is 8. The Labute approximate surface area is 90.9 Å². The summed E-state index contributed by atoms with van der Waals surface area (Å²) in [6.07, 6.45) is 2.87. The molecule has 0 heterocycles. The first-order valence-corrected chi connectivity index (χ1v) is 5.52. The van der Waals surface area contributed by atoms with E-state index < -0.39 is 11.9 Å². The lowest BCUT2D eigenvalue weighted by Crippen LogP contribution is -2.12. The first-order valence-electron chi connectivity index (χ1n) is 5.52. The van der Waals surface area contributed by atoms with Crippen molar-refractivity contribution in [3.05, 3.63) is 0 Å². The zero-order valence-electron chi connectivity index (χ0n) is 9.58. The normalized spacial score (nSPS) is 10.0. The van der Waals surface area contributed by atoms with E-state index in [2.05, 4.69) is 4.74 Å². The van der Waals surface area contributed by atoms with Gasteiger partial charge in [-0.1, -0.05) is 13.3 Å². The van der Waals surface area contributed by atoms with Crippen LogP contribution in [0.4, 0.5) is 0 Å². The minimum Gasteiger partial charge on any atom is -0.393 e. The van der Waals surface area contributed by atoms with Gasteiger partial charge < -0.3 is 9.47 Å². The highest BCUT2D eigenvalue weighted by Crippen LogP contribution is 2.00. The Morgan fingerprint density at radius 1 is 1.00 bits per heavy atom. The highest BCUT2D eigenvalue weighted by molar-refractivity contribution is 5.85. The van der Waals surface area contributed by atoms with Crippen LogP contribution < -0.4 is 0 Å². The van der Waals surface area contributed by atoms with E-state index in [-0.39, 0.29) is 6.42 Å². The summed E-state index contributed by atoms with van der Waals surface area (Å²) in [7, 11) is 0. The predicted molar refractivity (Wildman–Crippen MR) is 56.4 cm³/mol. The van der Waals surface area contributed by atoms with Crippen molar-refractivity contribution in [2.75, 3.05) is 13.2 Å². The van der Waals surface area contributed by atoms with Crippen molar-refractivity contribution in [2.45, 2.75) is 46.0 Å². The number of hydrogen-bond donors (Lipinski definition) is 0. The summed E-state index contributed by atoms with van der Waals surface area (Å²) in [5.74, 6) is -0.867. The van der Waals surface area contributed by atoms with E-state index in [0.29, 0.717) is 26.1 Å². The number of unbranched alkanes of at least 4 members (excludes halogenated alkanes) is 1. The molecular formula is C11H20O4. The molecule has 0 N–H and O–H groups in total. The fraction of sp³-hybridized carbons (Fsp3) is 0.818. The Morgan fingerprint density at radius 2 is 1.60 bits per heavy atom. The molecule has 0 aliphatic heterocycles. The maximum absolute atomic E-state index is 11.1. The molecule has 0 bridgehead atoms. The standard InChI is InChI=1S/C11H20O4/c1-3-5-7-10(12)15-11(13)8-6-9-14-4-2/h3-9H2,1-2H3. The number of esters is 2. The Hall–Kier alpha value is -0.900. The van der Waals surface area contributed by atoms with Crippen molar-refractivity contribution in [3.8, 4) is 0 Å². The van der Waals surface area contributed by atoms with E-state index in [0.717, 1.165) is 12.8 Å². The van der Waals surface area contributed by atoms with Crippen LogP contribution in [0.1, 0.15) is 46.0 Å². The Kier molecular flexibility index (Phi) is 9.07. The van der Waals surface area contributed by atoms with Crippen LogP contribution in [-0.2, 0) is 19.1 Å². The summed E-state index contributed by atoms with van der Waals surface area (Å²) in [6, 6.07) is 0. The summed E-state index contributed by atoms with van der Waals surface area (Å²) in [6.45, 7) is 5.06. The van der Waals surface area contributed by atoms with Crippen molar-refractivity contribution in [1.29, 1.82) is 0 Å². The van der Waals surface area contributed by atoms with E-state index >= 15 is 0 Å². The summed E-state index contributed by atoms with van der Waals surface area (Å²) in [4.78, 5) is 22.1. The van der Waals surface area contributed by atoms with Crippen LogP contribution in [-0.4, -0.2) is 25.2 Å². The highest BCUT2D eigenvalue weighted by Gasteiger charge is 2.09. The largest absolute Gasteiger partial charge is 0.393 e. The third kappa shape index (κ3) is 9.41. The molecular weight excluding hydrogens is 196 g/mol. The van der Waals surface area contributed by atoms with Gasteiger partial charge in [0, 0.05) is 26.1 Å². The molecule has 4 nitrogen and oxygen atoms in total. The second-order valence-corrected chi connectivity index (χ2v) is 3.25. The zero-order chi connectivity index (χ0) is 11.5. The first-order chi connectivity index (χ1) is 7.20. The Balaban J connectivity index is 3.43. The minimum atomic E-state index is -0.448. The average Bonchev–Trinajstić information content (AvgIpc) is 2.21. The second-order valence-electron chi connectivity index (χ2n) is 3.25. The summed E-state index contributed by atoms with van der Waals surface area (Å²) in [5.41, 5.74) is 0. The maximum Gasteiger partial charge on any atom is 0.313 e. The SMILES string of the molecule is CCCCC(=O)OC(=O)CCCOCC. The van der Waals surface area contributed by atoms with Gasteiger partial charge in [-0.25, -0.2) is 0 Å². The lowest BCUT2D eigenvalue weighted by atomic mass is 10.2. The van der Waals surface area contributed by atoms with Crippen molar-refractivity contribution in [3.63, 3.8) is 0 Å². The molecule has 0 saturated heterocycles. The van der Waals surface area contributed by atoms with Gasteiger partial charge in [0.05, 0.1) is 0 Å². The predicted octanol–water partition coefficient (Wildman–Crippen LogP) is 2.06.